The van der Waals surface area contributed by atoms with Crippen molar-refractivity contribution in [3.05, 3.63) is 68.8 Å². The van der Waals surface area contributed by atoms with Gasteiger partial charge in [0, 0.05) is 15.7 Å². The van der Waals surface area contributed by atoms with E-state index in [0.717, 1.165) is 0 Å². The van der Waals surface area contributed by atoms with E-state index in [1.54, 1.807) is 0 Å². The van der Waals surface area contributed by atoms with E-state index in [2.05, 4.69) is 97.2 Å². The number of hydrogen-bond donors (Lipinski definition) is 1. The zero-order valence-corrected chi connectivity index (χ0v) is 13.8. The van der Waals surface area contributed by atoms with E-state index in [1.807, 2.05) is 0 Å². The Bertz CT molecular complexity index is 466. The highest BCUT2D eigenvalue weighted by molar-refractivity contribution is 14.1. The van der Waals surface area contributed by atoms with E-state index in [9.17, 15) is 0 Å². The molecule has 2 atom stereocenters. The maximum Gasteiger partial charge on any atom is 0.0297 e. The molecule has 1 nitrogen and oxygen atoms in total. The van der Waals surface area contributed by atoms with E-state index in [1.165, 1.54) is 20.3 Å². The molecule has 0 amide bonds. The molecular weight excluding hydrogens is 345 g/mol. The summed E-state index contributed by atoms with van der Waals surface area (Å²) in [5.41, 5.74) is 3.98. The standard InChI is InChI=1S/C17H20IN/c1-12-4-6-15(7-5-12)13(2)19-14(3)16-8-10-17(18)11-9-16/h4-11,13-14,19H,1-3H3/t13-,14?/m0/s1. The van der Waals surface area contributed by atoms with Gasteiger partial charge in [-0.1, -0.05) is 42.0 Å². The lowest BCUT2D eigenvalue weighted by molar-refractivity contribution is 0.494. The maximum atomic E-state index is 3.65. The van der Waals surface area contributed by atoms with Crippen molar-refractivity contribution in [2.24, 2.45) is 0 Å². The molecule has 0 saturated heterocycles. The Morgan fingerprint density at radius 1 is 0.789 bits per heavy atom. The van der Waals surface area contributed by atoms with Crippen molar-refractivity contribution in [3.63, 3.8) is 0 Å². The van der Waals surface area contributed by atoms with Gasteiger partial charge in [-0.3, -0.25) is 0 Å². The Hall–Kier alpha value is -0.870. The lowest BCUT2D eigenvalue weighted by atomic mass is 10.0. The summed E-state index contributed by atoms with van der Waals surface area (Å²) in [6.07, 6.45) is 0. The molecule has 2 aromatic carbocycles. The van der Waals surface area contributed by atoms with Crippen molar-refractivity contribution < 1.29 is 0 Å². The molecule has 0 bridgehead atoms. The molecule has 100 valence electrons. The van der Waals surface area contributed by atoms with Crippen molar-refractivity contribution in [2.75, 3.05) is 0 Å². The molecule has 0 aliphatic carbocycles. The molecule has 19 heavy (non-hydrogen) atoms. The van der Waals surface area contributed by atoms with Gasteiger partial charge >= 0.3 is 0 Å². The van der Waals surface area contributed by atoms with Crippen molar-refractivity contribution in [2.45, 2.75) is 32.9 Å². The van der Waals surface area contributed by atoms with Crippen LogP contribution < -0.4 is 5.32 Å². The summed E-state index contributed by atoms with van der Waals surface area (Å²) in [4.78, 5) is 0. The molecule has 1 N–H and O–H groups in total. The summed E-state index contributed by atoms with van der Waals surface area (Å²) in [6, 6.07) is 18.2. The van der Waals surface area contributed by atoms with Crippen LogP contribution in [0.2, 0.25) is 0 Å². The molecule has 0 radical (unpaired) electrons. The first-order chi connectivity index (χ1) is 9.06. The fourth-order valence-corrected chi connectivity index (χ4v) is 2.53. The second-order valence-corrected chi connectivity index (χ2v) is 6.32. The number of benzene rings is 2. The van der Waals surface area contributed by atoms with Crippen LogP contribution in [0, 0.1) is 10.5 Å². The van der Waals surface area contributed by atoms with Crippen LogP contribution in [-0.4, -0.2) is 0 Å². The van der Waals surface area contributed by atoms with Crippen molar-refractivity contribution in [1.82, 2.24) is 5.32 Å². The number of rotatable bonds is 4. The average molecular weight is 365 g/mol. The van der Waals surface area contributed by atoms with E-state index < -0.39 is 0 Å². The first kappa shape index (κ1) is 14.5. The highest BCUT2D eigenvalue weighted by atomic mass is 127. The molecule has 2 aromatic rings. The van der Waals surface area contributed by atoms with E-state index >= 15 is 0 Å². The third-order valence-electron chi connectivity index (χ3n) is 3.45. The average Bonchev–Trinajstić information content (AvgIpc) is 2.40. The topological polar surface area (TPSA) is 12.0 Å². The van der Waals surface area contributed by atoms with Crippen LogP contribution in [0.3, 0.4) is 0 Å². The first-order valence-electron chi connectivity index (χ1n) is 6.64. The predicted molar refractivity (Wildman–Crippen MR) is 90.3 cm³/mol. The fraction of sp³-hybridized carbons (Fsp3) is 0.294. The largest absolute Gasteiger partial charge is 0.304 e. The van der Waals surface area contributed by atoms with Crippen LogP contribution >= 0.6 is 22.6 Å². The van der Waals surface area contributed by atoms with Crippen LogP contribution in [0.15, 0.2) is 48.5 Å². The van der Waals surface area contributed by atoms with Crippen LogP contribution in [0.5, 0.6) is 0 Å². The smallest absolute Gasteiger partial charge is 0.0297 e. The molecular formula is C17H20IN. The minimum atomic E-state index is 0.355. The summed E-state index contributed by atoms with van der Waals surface area (Å²) < 4.78 is 1.28. The third kappa shape index (κ3) is 4.05. The maximum absolute atomic E-state index is 3.65. The van der Waals surface area contributed by atoms with Crippen molar-refractivity contribution in [1.29, 1.82) is 0 Å². The molecule has 0 aliphatic heterocycles. The van der Waals surface area contributed by atoms with Gasteiger partial charge in [0.2, 0.25) is 0 Å². The summed E-state index contributed by atoms with van der Waals surface area (Å²) in [7, 11) is 0. The van der Waals surface area contributed by atoms with Gasteiger partial charge in [0.25, 0.3) is 0 Å². The van der Waals surface area contributed by atoms with Crippen LogP contribution in [-0.2, 0) is 0 Å². The third-order valence-corrected chi connectivity index (χ3v) is 4.17. The van der Waals surface area contributed by atoms with Crippen LogP contribution in [0.4, 0.5) is 0 Å². The van der Waals surface area contributed by atoms with Gasteiger partial charge < -0.3 is 5.32 Å². The molecule has 1 unspecified atom stereocenters. The van der Waals surface area contributed by atoms with E-state index in [0.29, 0.717) is 12.1 Å². The molecule has 0 fully saturated rings. The highest BCUT2D eigenvalue weighted by Crippen LogP contribution is 2.20. The highest BCUT2D eigenvalue weighted by Gasteiger charge is 2.10. The zero-order valence-electron chi connectivity index (χ0n) is 11.7. The summed E-state index contributed by atoms with van der Waals surface area (Å²) >= 11 is 2.34. The van der Waals surface area contributed by atoms with Crippen LogP contribution in [0.25, 0.3) is 0 Å². The molecule has 0 spiro atoms. The second-order valence-electron chi connectivity index (χ2n) is 5.07. The summed E-state index contributed by atoms with van der Waals surface area (Å²) in [5.74, 6) is 0. The minimum Gasteiger partial charge on any atom is -0.304 e. The number of nitrogens with one attached hydrogen (secondary N) is 1. The lowest BCUT2D eigenvalue weighted by Crippen LogP contribution is -2.22. The summed E-state index contributed by atoms with van der Waals surface area (Å²) in [5, 5.41) is 3.65. The Labute approximate surface area is 129 Å². The van der Waals surface area contributed by atoms with E-state index in [-0.39, 0.29) is 0 Å². The molecule has 0 aromatic heterocycles. The first-order valence-corrected chi connectivity index (χ1v) is 7.72. The van der Waals surface area contributed by atoms with E-state index in [4.69, 9.17) is 0 Å². The zero-order chi connectivity index (χ0) is 13.8. The predicted octanol–water partition coefficient (Wildman–Crippen LogP) is 5.01. The Kier molecular flexibility index (Phi) is 4.99. The van der Waals surface area contributed by atoms with Gasteiger partial charge in [-0.05, 0) is 66.6 Å². The number of hydrogen-bond acceptors (Lipinski definition) is 1. The lowest BCUT2D eigenvalue weighted by Gasteiger charge is -2.21. The number of halogens is 1. The van der Waals surface area contributed by atoms with Gasteiger partial charge in [0.1, 0.15) is 0 Å². The van der Waals surface area contributed by atoms with Gasteiger partial charge in [-0.25, -0.2) is 0 Å². The Morgan fingerprint density at radius 3 is 1.68 bits per heavy atom. The van der Waals surface area contributed by atoms with Gasteiger partial charge in [0.05, 0.1) is 0 Å². The second kappa shape index (κ2) is 6.53. The quantitative estimate of drug-likeness (QED) is 0.751. The van der Waals surface area contributed by atoms with Crippen LogP contribution in [0.1, 0.15) is 42.6 Å². The fourth-order valence-electron chi connectivity index (χ4n) is 2.17. The summed E-state index contributed by atoms with van der Waals surface area (Å²) in [6.45, 7) is 6.55. The normalized spacial score (nSPS) is 14.1. The molecule has 0 aliphatic rings. The molecule has 0 heterocycles. The molecule has 0 saturated carbocycles. The number of aryl methyl sites for hydroxylation is 1. The molecule has 2 rings (SSSR count). The van der Waals surface area contributed by atoms with Gasteiger partial charge in [0.15, 0.2) is 0 Å². The van der Waals surface area contributed by atoms with Crippen molar-refractivity contribution in [3.8, 4) is 0 Å². The van der Waals surface area contributed by atoms with Gasteiger partial charge in [-0.2, -0.15) is 0 Å². The van der Waals surface area contributed by atoms with Gasteiger partial charge in [-0.15, -0.1) is 0 Å². The SMILES string of the molecule is Cc1ccc([C@H](C)NC(C)c2ccc(I)cc2)cc1. The van der Waals surface area contributed by atoms with Crippen molar-refractivity contribution >= 4 is 22.6 Å². The monoisotopic (exact) mass is 365 g/mol. The Balaban J connectivity index is 2.03. The minimum absolute atomic E-state index is 0.355. The Morgan fingerprint density at radius 2 is 1.21 bits per heavy atom. The molecule has 2 heteroatoms.